The van der Waals surface area contributed by atoms with Crippen LogP contribution in [-0.4, -0.2) is 46.9 Å². The third kappa shape index (κ3) is 5.59. The summed E-state index contributed by atoms with van der Waals surface area (Å²) in [7, 11) is 0. The third-order valence-electron chi connectivity index (χ3n) is 3.47. The van der Waals surface area contributed by atoms with Crippen LogP contribution in [0, 0.1) is 0 Å². The van der Waals surface area contributed by atoms with Crippen LogP contribution in [0.5, 0.6) is 0 Å². The maximum absolute atomic E-state index is 11.9. The molecule has 6 nitrogen and oxygen atoms in total. The van der Waals surface area contributed by atoms with E-state index in [1.165, 1.54) is 0 Å². The van der Waals surface area contributed by atoms with Crippen molar-refractivity contribution in [1.29, 1.82) is 0 Å². The zero-order valence-corrected chi connectivity index (χ0v) is 12.1. The normalized spacial score (nSPS) is 18.1. The second kappa shape index (κ2) is 8.55. The molecule has 1 aliphatic heterocycles. The molecule has 2 N–H and O–H groups in total. The maximum atomic E-state index is 11.9. The van der Waals surface area contributed by atoms with Crippen LogP contribution in [0.2, 0.25) is 0 Å². The number of likely N-dealkylation sites (tertiary alicyclic amines) is 1. The third-order valence-corrected chi connectivity index (χ3v) is 3.47. The number of aliphatic carboxylic acids is 1. The molecule has 0 aliphatic carbocycles. The van der Waals surface area contributed by atoms with E-state index in [0.717, 1.165) is 25.7 Å². The number of carboxylic acid groups (broad SMARTS) is 1. The molecule has 0 aromatic rings. The lowest BCUT2D eigenvalue weighted by Gasteiger charge is -2.25. The quantitative estimate of drug-likeness (QED) is 0.766. The number of carbonyl (C=O) groups excluding carboxylic acids is 2. The van der Waals surface area contributed by atoms with Crippen molar-refractivity contribution in [2.45, 2.75) is 57.9 Å². The minimum Gasteiger partial charge on any atom is -0.480 e. The van der Waals surface area contributed by atoms with Crippen LogP contribution >= 0.6 is 0 Å². The van der Waals surface area contributed by atoms with E-state index < -0.39 is 12.0 Å². The highest BCUT2D eigenvalue weighted by atomic mass is 16.4. The van der Waals surface area contributed by atoms with Crippen LogP contribution in [0.1, 0.15) is 51.9 Å². The molecule has 2 amide bonds. The lowest BCUT2D eigenvalue weighted by Crippen LogP contribution is -2.47. The fourth-order valence-electron chi connectivity index (χ4n) is 2.34. The molecule has 1 aliphatic rings. The van der Waals surface area contributed by atoms with Gasteiger partial charge in [0.05, 0.1) is 6.54 Å². The van der Waals surface area contributed by atoms with Crippen LogP contribution in [-0.2, 0) is 14.4 Å². The first-order valence-electron chi connectivity index (χ1n) is 7.34. The predicted octanol–water partition coefficient (Wildman–Crippen LogP) is 1.15. The Morgan fingerprint density at radius 3 is 2.65 bits per heavy atom. The molecule has 1 fully saturated rings. The Kier molecular flexibility index (Phi) is 7.04. The fraction of sp³-hybridized carbons (Fsp3) is 0.786. The number of hydrogen-bond donors (Lipinski definition) is 2. The summed E-state index contributed by atoms with van der Waals surface area (Å²) in [5.74, 6) is -1.43. The van der Waals surface area contributed by atoms with Gasteiger partial charge in [0.25, 0.3) is 0 Å². The van der Waals surface area contributed by atoms with Gasteiger partial charge in [0, 0.05) is 13.0 Å². The summed E-state index contributed by atoms with van der Waals surface area (Å²) in [5.41, 5.74) is 0. The van der Waals surface area contributed by atoms with Gasteiger partial charge in [-0.1, -0.05) is 26.2 Å². The summed E-state index contributed by atoms with van der Waals surface area (Å²) < 4.78 is 0. The monoisotopic (exact) mass is 284 g/mol. The Bertz CT molecular complexity index is 357. The first-order valence-corrected chi connectivity index (χ1v) is 7.34. The Morgan fingerprint density at radius 1 is 1.30 bits per heavy atom. The number of carbonyl (C=O) groups is 3. The van der Waals surface area contributed by atoms with Crippen LogP contribution in [0.25, 0.3) is 0 Å². The van der Waals surface area contributed by atoms with E-state index in [-0.39, 0.29) is 18.4 Å². The van der Waals surface area contributed by atoms with Gasteiger partial charge in [-0.05, 0) is 19.3 Å². The number of hydrogen-bond acceptors (Lipinski definition) is 3. The first kappa shape index (κ1) is 16.5. The standard InChI is InChI=1S/C14H24N2O4/c1-2-7-11(14(19)20)15-12(17)10-16-9-6-4-3-5-8-13(16)18/h11H,2-10H2,1H3,(H,15,17)(H,19,20). The molecular formula is C14H24N2O4. The van der Waals surface area contributed by atoms with Gasteiger partial charge in [-0.15, -0.1) is 0 Å². The largest absolute Gasteiger partial charge is 0.480 e. The minimum atomic E-state index is -1.03. The molecule has 0 saturated carbocycles. The predicted molar refractivity (Wildman–Crippen MR) is 74.1 cm³/mol. The van der Waals surface area contributed by atoms with E-state index in [1.54, 1.807) is 4.90 Å². The van der Waals surface area contributed by atoms with E-state index in [0.29, 0.717) is 25.8 Å². The summed E-state index contributed by atoms with van der Waals surface area (Å²) in [6.45, 7) is 2.41. The van der Waals surface area contributed by atoms with Crippen molar-refractivity contribution in [1.82, 2.24) is 10.2 Å². The van der Waals surface area contributed by atoms with Crippen molar-refractivity contribution >= 4 is 17.8 Å². The molecule has 114 valence electrons. The molecule has 0 aromatic heterocycles. The molecule has 0 radical (unpaired) electrons. The molecule has 1 atom stereocenters. The Morgan fingerprint density at radius 2 is 2.00 bits per heavy atom. The second-order valence-electron chi connectivity index (χ2n) is 5.23. The maximum Gasteiger partial charge on any atom is 0.326 e. The van der Waals surface area contributed by atoms with Gasteiger partial charge >= 0.3 is 5.97 Å². The molecular weight excluding hydrogens is 260 g/mol. The van der Waals surface area contributed by atoms with Gasteiger partial charge in [-0.25, -0.2) is 4.79 Å². The number of nitrogens with zero attached hydrogens (tertiary/aromatic N) is 1. The number of rotatable bonds is 6. The molecule has 6 heteroatoms. The molecule has 1 saturated heterocycles. The molecule has 0 bridgehead atoms. The minimum absolute atomic E-state index is 0.0118. The molecule has 0 spiro atoms. The topological polar surface area (TPSA) is 86.7 Å². The number of nitrogens with one attached hydrogen (secondary N) is 1. The summed E-state index contributed by atoms with van der Waals surface area (Å²) in [5, 5.41) is 11.5. The van der Waals surface area contributed by atoms with Crippen molar-refractivity contribution in [2.24, 2.45) is 0 Å². The van der Waals surface area contributed by atoms with Gasteiger partial charge in [0.2, 0.25) is 11.8 Å². The van der Waals surface area contributed by atoms with E-state index in [9.17, 15) is 14.4 Å². The van der Waals surface area contributed by atoms with Crippen LogP contribution in [0.4, 0.5) is 0 Å². The van der Waals surface area contributed by atoms with Crippen LogP contribution < -0.4 is 5.32 Å². The van der Waals surface area contributed by atoms with Crippen molar-refractivity contribution in [3.8, 4) is 0 Å². The lowest BCUT2D eigenvalue weighted by molar-refractivity contribution is -0.143. The molecule has 1 unspecified atom stereocenters. The summed E-state index contributed by atoms with van der Waals surface area (Å²) in [6, 6.07) is -0.864. The van der Waals surface area contributed by atoms with Gasteiger partial charge in [-0.3, -0.25) is 9.59 Å². The zero-order valence-electron chi connectivity index (χ0n) is 12.1. The zero-order chi connectivity index (χ0) is 15.0. The van der Waals surface area contributed by atoms with Crippen molar-refractivity contribution < 1.29 is 19.5 Å². The highest BCUT2D eigenvalue weighted by molar-refractivity contribution is 5.87. The Labute approximate surface area is 119 Å². The van der Waals surface area contributed by atoms with Gasteiger partial charge in [0.1, 0.15) is 6.04 Å². The average molecular weight is 284 g/mol. The molecule has 0 aromatic carbocycles. The second-order valence-corrected chi connectivity index (χ2v) is 5.23. The first-order chi connectivity index (χ1) is 9.54. The van der Waals surface area contributed by atoms with Crippen molar-refractivity contribution in [3.63, 3.8) is 0 Å². The summed E-state index contributed by atoms with van der Waals surface area (Å²) in [6.07, 6.45) is 5.45. The number of amides is 2. The van der Waals surface area contributed by atoms with Crippen molar-refractivity contribution in [3.05, 3.63) is 0 Å². The van der Waals surface area contributed by atoms with E-state index in [2.05, 4.69) is 5.32 Å². The van der Waals surface area contributed by atoms with Crippen molar-refractivity contribution in [2.75, 3.05) is 13.1 Å². The highest BCUT2D eigenvalue weighted by Crippen LogP contribution is 2.11. The van der Waals surface area contributed by atoms with Crippen LogP contribution in [0.15, 0.2) is 0 Å². The highest BCUT2D eigenvalue weighted by Gasteiger charge is 2.22. The van der Waals surface area contributed by atoms with Gasteiger partial charge in [-0.2, -0.15) is 0 Å². The Balaban J connectivity index is 2.49. The van der Waals surface area contributed by atoms with E-state index >= 15 is 0 Å². The molecule has 1 heterocycles. The fourth-order valence-corrected chi connectivity index (χ4v) is 2.34. The van der Waals surface area contributed by atoms with Gasteiger partial charge < -0.3 is 15.3 Å². The Hall–Kier alpha value is -1.59. The molecule has 20 heavy (non-hydrogen) atoms. The SMILES string of the molecule is CCCC(NC(=O)CN1CCCCCCC1=O)C(=O)O. The summed E-state index contributed by atoms with van der Waals surface area (Å²) >= 11 is 0. The molecule has 1 rings (SSSR count). The van der Waals surface area contributed by atoms with Gasteiger partial charge in [0.15, 0.2) is 0 Å². The summed E-state index contributed by atoms with van der Waals surface area (Å²) in [4.78, 5) is 36.3. The number of carboxylic acids is 1. The smallest absolute Gasteiger partial charge is 0.326 e. The lowest BCUT2D eigenvalue weighted by atomic mass is 10.1. The average Bonchev–Trinajstić information content (AvgIpc) is 2.38. The van der Waals surface area contributed by atoms with E-state index in [4.69, 9.17) is 5.11 Å². The van der Waals surface area contributed by atoms with Crippen LogP contribution in [0.3, 0.4) is 0 Å². The van der Waals surface area contributed by atoms with E-state index in [1.807, 2.05) is 6.92 Å².